The Balaban J connectivity index is 5.71. The van der Waals surface area contributed by atoms with Gasteiger partial charge in [-0.25, -0.2) is 4.79 Å². The van der Waals surface area contributed by atoms with Crippen LogP contribution in [0.4, 0.5) is 0 Å². The quantitative estimate of drug-likeness (QED) is 0.0414. The summed E-state index contributed by atoms with van der Waals surface area (Å²) in [6.45, 7) is 0.0801. The molecule has 0 aromatic carbocycles. The van der Waals surface area contributed by atoms with E-state index in [2.05, 4.69) is 15.6 Å². The molecule has 0 bridgehead atoms. The van der Waals surface area contributed by atoms with E-state index in [0.717, 1.165) is 0 Å². The van der Waals surface area contributed by atoms with E-state index in [4.69, 9.17) is 33.8 Å². The van der Waals surface area contributed by atoms with Crippen molar-refractivity contribution in [3.8, 4) is 0 Å². The summed E-state index contributed by atoms with van der Waals surface area (Å²) in [7, 11) is 0. The van der Waals surface area contributed by atoms with Crippen LogP contribution in [0, 0.1) is 0 Å². The molecule has 0 aliphatic heterocycles. The molecule has 0 heterocycles. The standard InChI is InChI=1S/C20H35N9O9/c21-9(3-5-13(22)30)16(34)27-10(2-1-7-26-20(24)25)17(35)28-11(4-6-14(23)31)18(36)29-12(19(37)38)8-15(32)33/h9-12H,1-8,21H2,(H2,22,30)(H2,23,31)(H,27,34)(H,28,35)(H,29,36)(H,32,33)(H,37,38)(H4,24,25,26). The molecule has 0 fully saturated rings. The number of amides is 5. The van der Waals surface area contributed by atoms with Gasteiger partial charge in [0, 0.05) is 19.4 Å². The number of nitrogens with zero attached hydrogens (tertiary/aromatic N) is 1. The second-order valence-electron chi connectivity index (χ2n) is 8.18. The number of carbonyl (C=O) groups excluding carboxylic acids is 5. The van der Waals surface area contributed by atoms with Crippen LogP contribution in [-0.4, -0.2) is 88.4 Å². The Labute approximate surface area is 217 Å². The maximum atomic E-state index is 13.0. The number of primary amides is 2. The Hall–Kier alpha value is -4.48. The summed E-state index contributed by atoms with van der Waals surface area (Å²) in [5.74, 6) is -7.70. The van der Waals surface area contributed by atoms with Gasteiger partial charge in [0.2, 0.25) is 29.5 Å². The molecule has 0 aromatic heterocycles. The number of aliphatic carboxylic acids is 2. The number of nitrogens with one attached hydrogen (secondary N) is 3. The number of guanidine groups is 1. The number of carbonyl (C=O) groups is 7. The largest absolute Gasteiger partial charge is 0.481 e. The van der Waals surface area contributed by atoms with E-state index in [1.54, 1.807) is 0 Å². The van der Waals surface area contributed by atoms with Crippen LogP contribution in [0.15, 0.2) is 4.99 Å². The van der Waals surface area contributed by atoms with Crippen LogP contribution in [0.3, 0.4) is 0 Å². The predicted molar refractivity (Wildman–Crippen MR) is 130 cm³/mol. The zero-order chi connectivity index (χ0) is 29.4. The van der Waals surface area contributed by atoms with Crippen molar-refractivity contribution in [1.29, 1.82) is 0 Å². The minimum atomic E-state index is -1.83. The first-order chi connectivity index (χ1) is 17.6. The molecule has 0 radical (unpaired) electrons. The molecule has 0 spiro atoms. The van der Waals surface area contributed by atoms with E-state index in [1.165, 1.54) is 0 Å². The van der Waals surface area contributed by atoms with Crippen molar-refractivity contribution in [1.82, 2.24) is 16.0 Å². The van der Waals surface area contributed by atoms with Gasteiger partial charge in [0.05, 0.1) is 12.5 Å². The second-order valence-corrected chi connectivity index (χ2v) is 8.18. The lowest BCUT2D eigenvalue weighted by Gasteiger charge is -2.25. The van der Waals surface area contributed by atoms with Crippen molar-refractivity contribution in [2.45, 2.75) is 69.1 Å². The van der Waals surface area contributed by atoms with Gasteiger partial charge in [0.1, 0.15) is 18.1 Å². The van der Waals surface area contributed by atoms with Crippen LogP contribution in [0.25, 0.3) is 0 Å². The number of carboxylic acids is 2. The van der Waals surface area contributed by atoms with Gasteiger partial charge < -0.3 is 54.8 Å². The topological polar surface area (TPSA) is 338 Å². The van der Waals surface area contributed by atoms with Crippen LogP contribution < -0.4 is 44.6 Å². The Kier molecular flexibility index (Phi) is 15.0. The number of carboxylic acid groups (broad SMARTS) is 2. The lowest BCUT2D eigenvalue weighted by molar-refractivity contribution is -0.147. The first-order valence-electron chi connectivity index (χ1n) is 11.4. The molecule has 18 nitrogen and oxygen atoms in total. The number of hydrogen-bond donors (Lipinski definition) is 10. The SMILES string of the molecule is NC(=O)CCC(N)C(=O)NC(CCCN=C(N)N)C(=O)NC(CCC(N)=O)C(=O)NC(CC(=O)O)C(=O)O. The lowest BCUT2D eigenvalue weighted by atomic mass is 10.1. The summed E-state index contributed by atoms with van der Waals surface area (Å²) in [6.07, 6.45) is -1.86. The van der Waals surface area contributed by atoms with E-state index >= 15 is 0 Å². The van der Waals surface area contributed by atoms with Gasteiger partial charge in [0.25, 0.3) is 0 Å². The van der Waals surface area contributed by atoms with Crippen LogP contribution in [0.1, 0.15) is 44.9 Å². The van der Waals surface area contributed by atoms with Crippen molar-refractivity contribution in [2.75, 3.05) is 6.54 Å². The average molecular weight is 546 g/mol. The first-order valence-corrected chi connectivity index (χ1v) is 11.4. The van der Waals surface area contributed by atoms with E-state index in [1.807, 2.05) is 5.32 Å². The number of hydrogen-bond acceptors (Lipinski definition) is 9. The van der Waals surface area contributed by atoms with Crippen molar-refractivity contribution < 1.29 is 43.8 Å². The molecular formula is C20H35N9O9. The molecule has 38 heavy (non-hydrogen) atoms. The van der Waals surface area contributed by atoms with Crippen molar-refractivity contribution >= 4 is 47.4 Å². The molecule has 0 aromatic rings. The molecule has 4 unspecified atom stereocenters. The van der Waals surface area contributed by atoms with Crippen LogP contribution in [0.2, 0.25) is 0 Å². The van der Waals surface area contributed by atoms with E-state index < -0.39 is 78.5 Å². The monoisotopic (exact) mass is 545 g/mol. The van der Waals surface area contributed by atoms with Gasteiger partial charge in [-0.3, -0.25) is 33.8 Å². The molecule has 214 valence electrons. The third-order valence-electron chi connectivity index (χ3n) is 4.92. The van der Waals surface area contributed by atoms with E-state index in [-0.39, 0.29) is 44.6 Å². The van der Waals surface area contributed by atoms with Gasteiger partial charge in [-0.2, -0.15) is 0 Å². The molecular weight excluding hydrogens is 510 g/mol. The summed E-state index contributed by atoms with van der Waals surface area (Å²) in [6, 6.07) is -5.84. The molecule has 18 heteroatoms. The van der Waals surface area contributed by atoms with Crippen molar-refractivity contribution in [2.24, 2.45) is 33.7 Å². The third kappa shape index (κ3) is 14.8. The molecule has 0 saturated carbocycles. The lowest BCUT2D eigenvalue weighted by Crippen LogP contribution is -2.57. The third-order valence-corrected chi connectivity index (χ3v) is 4.92. The van der Waals surface area contributed by atoms with Gasteiger partial charge in [0.15, 0.2) is 5.96 Å². The molecule has 0 rings (SSSR count). The highest BCUT2D eigenvalue weighted by molar-refractivity contribution is 5.95. The number of rotatable bonds is 19. The second kappa shape index (κ2) is 17.1. The summed E-state index contributed by atoms with van der Waals surface area (Å²) in [5.41, 5.74) is 26.4. The zero-order valence-electron chi connectivity index (χ0n) is 20.6. The Morgan fingerprint density at radius 2 is 1.16 bits per heavy atom. The van der Waals surface area contributed by atoms with E-state index in [0.29, 0.717) is 0 Å². The fourth-order valence-corrected chi connectivity index (χ4v) is 2.95. The molecule has 5 amide bonds. The minimum absolute atomic E-state index is 0.0438. The van der Waals surface area contributed by atoms with E-state index in [9.17, 15) is 38.7 Å². The highest BCUT2D eigenvalue weighted by atomic mass is 16.4. The Bertz CT molecular complexity index is 922. The van der Waals surface area contributed by atoms with Crippen LogP contribution in [-0.2, 0) is 33.6 Å². The fraction of sp³-hybridized carbons (Fsp3) is 0.600. The number of nitrogens with two attached hydrogens (primary N) is 5. The minimum Gasteiger partial charge on any atom is -0.481 e. The normalized spacial score (nSPS) is 13.6. The van der Waals surface area contributed by atoms with Crippen molar-refractivity contribution in [3.05, 3.63) is 0 Å². The average Bonchev–Trinajstić information content (AvgIpc) is 2.80. The molecule has 0 aliphatic carbocycles. The maximum absolute atomic E-state index is 13.0. The highest BCUT2D eigenvalue weighted by Crippen LogP contribution is 2.06. The summed E-state index contributed by atoms with van der Waals surface area (Å²) >= 11 is 0. The van der Waals surface area contributed by atoms with Gasteiger partial charge in [-0.15, -0.1) is 0 Å². The summed E-state index contributed by atoms with van der Waals surface area (Å²) in [4.78, 5) is 86.4. The molecule has 0 saturated heterocycles. The fourth-order valence-electron chi connectivity index (χ4n) is 2.95. The maximum Gasteiger partial charge on any atom is 0.326 e. The summed E-state index contributed by atoms with van der Waals surface area (Å²) < 4.78 is 0. The van der Waals surface area contributed by atoms with Crippen LogP contribution >= 0.6 is 0 Å². The molecule has 0 aliphatic rings. The number of aliphatic imine (C=N–C) groups is 1. The van der Waals surface area contributed by atoms with Gasteiger partial charge in [-0.05, 0) is 25.7 Å². The smallest absolute Gasteiger partial charge is 0.326 e. The zero-order valence-corrected chi connectivity index (χ0v) is 20.6. The van der Waals surface area contributed by atoms with Crippen LogP contribution in [0.5, 0.6) is 0 Å². The molecule has 4 atom stereocenters. The molecule has 15 N–H and O–H groups in total. The van der Waals surface area contributed by atoms with Crippen molar-refractivity contribution in [3.63, 3.8) is 0 Å². The Morgan fingerprint density at radius 3 is 1.63 bits per heavy atom. The summed E-state index contributed by atoms with van der Waals surface area (Å²) in [5, 5.41) is 24.7. The highest BCUT2D eigenvalue weighted by Gasteiger charge is 2.31. The Morgan fingerprint density at radius 1 is 0.684 bits per heavy atom. The van der Waals surface area contributed by atoms with Gasteiger partial charge in [-0.1, -0.05) is 0 Å². The predicted octanol–water partition coefficient (Wildman–Crippen LogP) is -5.09. The van der Waals surface area contributed by atoms with Gasteiger partial charge >= 0.3 is 11.9 Å². The first kappa shape index (κ1) is 33.5.